The number of aromatic amines is 1. The predicted octanol–water partition coefficient (Wildman–Crippen LogP) is 6.37. The van der Waals surface area contributed by atoms with Crippen LogP contribution in [0.4, 0.5) is 0 Å². The monoisotopic (exact) mass is 603 g/mol. The summed E-state index contributed by atoms with van der Waals surface area (Å²) in [7, 11) is -0.973. The average Bonchev–Trinajstić information content (AvgIpc) is 3.29. The highest BCUT2D eigenvalue weighted by Gasteiger charge is 2.48. The van der Waals surface area contributed by atoms with Gasteiger partial charge in [-0.3, -0.25) is 9.59 Å². The van der Waals surface area contributed by atoms with Crippen molar-refractivity contribution in [2.75, 3.05) is 19.3 Å². The Labute approximate surface area is 247 Å². The van der Waals surface area contributed by atoms with Crippen molar-refractivity contribution in [2.24, 2.45) is 5.92 Å². The minimum Gasteiger partial charge on any atom is -0.448 e. The maximum Gasteiger partial charge on any atom is 0.254 e. The Morgan fingerprint density at radius 2 is 1.80 bits per heavy atom. The van der Waals surface area contributed by atoms with E-state index in [2.05, 4.69) is 28.3 Å². The molecule has 0 unspecified atom stereocenters. The lowest BCUT2D eigenvalue weighted by Gasteiger charge is -2.44. The van der Waals surface area contributed by atoms with E-state index in [1.54, 1.807) is 6.07 Å². The first-order chi connectivity index (χ1) is 18.9. The first kappa shape index (κ1) is 29.5. The Morgan fingerprint density at radius 1 is 1.15 bits per heavy atom. The summed E-state index contributed by atoms with van der Waals surface area (Å²) in [6.45, 7) is 13.4. The van der Waals surface area contributed by atoms with E-state index in [4.69, 9.17) is 21.1 Å². The largest absolute Gasteiger partial charge is 0.448 e. The second-order valence-corrected chi connectivity index (χ2v) is 19.2. The molecule has 10 heteroatoms. The number of aryl methyl sites for hydroxylation is 1. The summed E-state index contributed by atoms with van der Waals surface area (Å²) in [5, 5.41) is 3.27. The molecule has 1 aliphatic carbocycles. The Kier molecular flexibility index (Phi) is 8.41. The molecule has 5 rings (SSSR count). The van der Waals surface area contributed by atoms with Gasteiger partial charge in [0.25, 0.3) is 17.3 Å². The summed E-state index contributed by atoms with van der Waals surface area (Å²) in [5.41, 5.74) is 2.25. The number of pyridine rings is 1. The van der Waals surface area contributed by atoms with Crippen LogP contribution in [-0.2, 0) is 6.54 Å². The van der Waals surface area contributed by atoms with Gasteiger partial charge in [0.2, 0.25) is 0 Å². The summed E-state index contributed by atoms with van der Waals surface area (Å²) in [6, 6.07) is 7.02. The highest BCUT2D eigenvalue weighted by molar-refractivity contribution is 7.98. The van der Waals surface area contributed by atoms with Crippen molar-refractivity contribution in [1.82, 2.24) is 15.2 Å². The molecule has 2 fully saturated rings. The van der Waals surface area contributed by atoms with Crippen molar-refractivity contribution in [3.8, 4) is 11.5 Å². The third-order valence-corrected chi connectivity index (χ3v) is 13.5. The number of nitrogens with zero attached hydrogens (tertiary/aromatic N) is 1. The lowest BCUT2D eigenvalue weighted by atomic mass is 9.80. The zero-order valence-corrected chi connectivity index (χ0v) is 27.1. The standard InChI is InChI=1S/C30H42ClN3O4SSi/c1-18-15-25(39-4)23(29(36)33-18)17-32-28(35)22-16-24(31)27-26(19(22)2)37-30(3,38-27)20-7-9-21(10-8-20)34-11-13-40(5,6)14-12-34/h15-16,20-21H,7-14,17H2,1-6H3,(H,32,35)(H,33,36)/t20?,21?,30-/m1/s1. The summed E-state index contributed by atoms with van der Waals surface area (Å²) < 4.78 is 13.0. The van der Waals surface area contributed by atoms with Gasteiger partial charge in [-0.25, -0.2) is 0 Å². The van der Waals surface area contributed by atoms with E-state index in [1.165, 1.54) is 36.9 Å². The molecule has 218 valence electrons. The van der Waals surface area contributed by atoms with Crippen LogP contribution in [0.15, 0.2) is 21.8 Å². The Morgan fingerprint density at radius 3 is 2.45 bits per heavy atom. The van der Waals surface area contributed by atoms with Crippen LogP contribution in [0.25, 0.3) is 0 Å². The third-order valence-electron chi connectivity index (χ3n) is 9.27. The number of amides is 1. The normalized spacial score (nSPS) is 26.1. The molecule has 1 aromatic carbocycles. The molecule has 3 heterocycles. The lowest BCUT2D eigenvalue weighted by Crippen LogP contribution is -2.50. The number of aromatic nitrogens is 1. The number of carbonyl (C=O) groups is 1. The van der Waals surface area contributed by atoms with Crippen LogP contribution >= 0.6 is 23.4 Å². The summed E-state index contributed by atoms with van der Waals surface area (Å²) in [4.78, 5) is 32.2. The molecule has 1 saturated carbocycles. The van der Waals surface area contributed by atoms with Crippen LogP contribution in [0.2, 0.25) is 30.2 Å². The molecular formula is C30H42ClN3O4SSi. The molecule has 3 aliphatic rings. The zero-order chi connectivity index (χ0) is 28.8. The number of nitrogens with one attached hydrogen (secondary N) is 2. The van der Waals surface area contributed by atoms with Gasteiger partial charge in [-0.1, -0.05) is 24.7 Å². The highest BCUT2D eigenvalue weighted by atomic mass is 35.5. The van der Waals surface area contributed by atoms with Crippen LogP contribution in [0.3, 0.4) is 0 Å². The molecule has 1 amide bonds. The second-order valence-electron chi connectivity index (χ2n) is 12.6. The minimum absolute atomic E-state index is 0.119. The average molecular weight is 604 g/mol. The number of thioether (sulfide) groups is 1. The molecule has 2 aromatic rings. The molecule has 40 heavy (non-hydrogen) atoms. The number of hydrogen-bond donors (Lipinski definition) is 2. The van der Waals surface area contributed by atoms with Crippen LogP contribution in [0, 0.1) is 19.8 Å². The summed E-state index contributed by atoms with van der Waals surface area (Å²) in [5.74, 6) is 0.194. The maximum absolute atomic E-state index is 13.3. The smallest absolute Gasteiger partial charge is 0.254 e. The van der Waals surface area contributed by atoms with Crippen LogP contribution < -0.4 is 20.3 Å². The van der Waals surface area contributed by atoms with Gasteiger partial charge in [-0.05, 0) is 83.1 Å². The number of rotatable bonds is 6. The van der Waals surface area contributed by atoms with Gasteiger partial charge in [0.15, 0.2) is 11.5 Å². The van der Waals surface area contributed by atoms with Crippen molar-refractivity contribution in [3.05, 3.63) is 49.9 Å². The highest BCUT2D eigenvalue weighted by Crippen LogP contribution is 2.52. The van der Waals surface area contributed by atoms with Gasteiger partial charge in [0.1, 0.15) is 0 Å². The first-order valence-corrected chi connectivity index (χ1v) is 19.4. The number of benzene rings is 1. The predicted molar refractivity (Wildman–Crippen MR) is 165 cm³/mol. The van der Waals surface area contributed by atoms with Crippen LogP contribution in [-0.4, -0.2) is 55.0 Å². The fourth-order valence-electron chi connectivity index (χ4n) is 6.51. The van der Waals surface area contributed by atoms with Gasteiger partial charge >= 0.3 is 0 Å². The van der Waals surface area contributed by atoms with Gasteiger partial charge in [0.05, 0.1) is 5.02 Å². The van der Waals surface area contributed by atoms with E-state index in [0.717, 1.165) is 36.3 Å². The Bertz CT molecular complexity index is 1350. The van der Waals surface area contributed by atoms with E-state index in [-0.39, 0.29) is 23.9 Å². The van der Waals surface area contributed by atoms with E-state index in [0.29, 0.717) is 39.3 Å². The van der Waals surface area contributed by atoms with E-state index >= 15 is 0 Å². The molecule has 0 bridgehead atoms. The number of carbonyl (C=O) groups excluding carboxylic acids is 1. The van der Waals surface area contributed by atoms with Gasteiger partial charge in [-0.15, -0.1) is 11.8 Å². The molecule has 2 N–H and O–H groups in total. The van der Waals surface area contributed by atoms with Crippen molar-refractivity contribution in [1.29, 1.82) is 0 Å². The van der Waals surface area contributed by atoms with Crippen molar-refractivity contribution in [2.45, 2.75) is 94.9 Å². The number of H-pyrrole nitrogens is 1. The van der Waals surface area contributed by atoms with Crippen molar-refractivity contribution in [3.63, 3.8) is 0 Å². The second kappa shape index (κ2) is 11.4. The molecule has 7 nitrogen and oxygen atoms in total. The lowest BCUT2D eigenvalue weighted by molar-refractivity contribution is -0.124. The molecule has 0 radical (unpaired) electrons. The molecule has 1 saturated heterocycles. The summed E-state index contributed by atoms with van der Waals surface area (Å²) >= 11 is 8.15. The minimum atomic E-state index is -0.973. The van der Waals surface area contributed by atoms with Gasteiger partial charge < -0.3 is 24.7 Å². The quantitative estimate of drug-likeness (QED) is 0.295. The fourth-order valence-corrected chi connectivity index (χ4v) is 9.48. The maximum atomic E-state index is 13.3. The van der Waals surface area contributed by atoms with E-state index < -0.39 is 13.9 Å². The van der Waals surface area contributed by atoms with Crippen LogP contribution in [0.1, 0.15) is 59.8 Å². The number of fused-ring (bicyclic) bond motifs is 1. The number of hydrogen-bond acceptors (Lipinski definition) is 6. The molecule has 2 aliphatic heterocycles. The summed E-state index contributed by atoms with van der Waals surface area (Å²) in [6.07, 6.45) is 6.31. The molecule has 0 spiro atoms. The first-order valence-electron chi connectivity index (χ1n) is 14.4. The fraction of sp³-hybridized carbons (Fsp3) is 0.600. The molecular weight excluding hydrogens is 562 g/mol. The SMILES string of the molecule is CSc1cc(C)[nH]c(=O)c1CNC(=O)c1cc(Cl)c2c(c1C)O[C@@](C)(C1CCC(N3CC[Si](C)(C)CC3)CC1)O2. The van der Waals surface area contributed by atoms with E-state index in [9.17, 15) is 9.59 Å². The number of halogens is 1. The van der Waals surface area contributed by atoms with Gasteiger partial charge in [0, 0.05) is 60.8 Å². The van der Waals surface area contributed by atoms with Crippen molar-refractivity contribution < 1.29 is 14.3 Å². The zero-order valence-electron chi connectivity index (χ0n) is 24.5. The van der Waals surface area contributed by atoms with Crippen LogP contribution in [0.5, 0.6) is 11.5 Å². The van der Waals surface area contributed by atoms with Crippen molar-refractivity contribution >= 4 is 37.3 Å². The Hall–Kier alpha value is -1.94. The molecule has 1 aromatic heterocycles. The third kappa shape index (κ3) is 5.85. The van der Waals surface area contributed by atoms with E-state index in [1.807, 2.05) is 33.1 Å². The molecule has 1 atom stereocenters. The number of ether oxygens (including phenoxy) is 2. The Balaban J connectivity index is 1.26. The van der Waals surface area contributed by atoms with Gasteiger partial charge in [-0.2, -0.15) is 0 Å². The topological polar surface area (TPSA) is 83.7 Å².